The Balaban J connectivity index is 1.71. The fraction of sp³-hybridized carbons (Fsp3) is 0.429. The summed E-state index contributed by atoms with van der Waals surface area (Å²) in [6.07, 6.45) is 5.69. The highest BCUT2D eigenvalue weighted by molar-refractivity contribution is 5.76. The fourth-order valence-electron chi connectivity index (χ4n) is 2.45. The molecule has 0 aliphatic carbocycles. The molecule has 2 aromatic rings. The van der Waals surface area contributed by atoms with Gasteiger partial charge in [0.2, 0.25) is 5.91 Å². The standard InChI is InChI=1S/C14H18N6O/c1-2-14(21)19-8-6-18(7-9-19)12-10-13(16-11-15-12)20-5-3-4-17-20/h3-5,10-11H,2,6-9H2,1H3. The van der Waals surface area contributed by atoms with E-state index in [1.165, 1.54) is 0 Å². The molecule has 3 heterocycles. The third-order valence-corrected chi connectivity index (χ3v) is 3.64. The summed E-state index contributed by atoms with van der Waals surface area (Å²) in [5, 5.41) is 4.17. The van der Waals surface area contributed by atoms with Crippen LogP contribution < -0.4 is 4.90 Å². The highest BCUT2D eigenvalue weighted by Crippen LogP contribution is 2.15. The van der Waals surface area contributed by atoms with Crippen molar-refractivity contribution in [2.45, 2.75) is 13.3 Å². The number of piperazine rings is 1. The molecular formula is C14H18N6O. The first kappa shape index (κ1) is 13.5. The monoisotopic (exact) mass is 286 g/mol. The van der Waals surface area contributed by atoms with E-state index in [9.17, 15) is 4.79 Å². The smallest absolute Gasteiger partial charge is 0.222 e. The number of hydrogen-bond donors (Lipinski definition) is 0. The molecule has 0 unspecified atom stereocenters. The Morgan fingerprint density at radius 2 is 1.95 bits per heavy atom. The lowest BCUT2D eigenvalue weighted by Gasteiger charge is -2.35. The van der Waals surface area contributed by atoms with Gasteiger partial charge in [-0.3, -0.25) is 4.79 Å². The Kier molecular flexibility index (Phi) is 3.81. The van der Waals surface area contributed by atoms with Crippen molar-refractivity contribution in [2.24, 2.45) is 0 Å². The lowest BCUT2D eigenvalue weighted by Crippen LogP contribution is -2.48. The summed E-state index contributed by atoms with van der Waals surface area (Å²) in [5.74, 6) is 1.84. The average molecular weight is 286 g/mol. The zero-order valence-corrected chi connectivity index (χ0v) is 12.0. The molecule has 1 amide bonds. The molecule has 1 aliphatic heterocycles. The van der Waals surface area contributed by atoms with Crippen LogP contribution in [0.3, 0.4) is 0 Å². The molecule has 7 heteroatoms. The predicted molar refractivity (Wildman–Crippen MR) is 78.2 cm³/mol. The van der Waals surface area contributed by atoms with Crippen LogP contribution in [0.15, 0.2) is 30.9 Å². The van der Waals surface area contributed by atoms with Gasteiger partial charge in [0.05, 0.1) is 0 Å². The number of nitrogens with zero attached hydrogens (tertiary/aromatic N) is 6. The lowest BCUT2D eigenvalue weighted by molar-refractivity contribution is -0.131. The minimum Gasteiger partial charge on any atom is -0.353 e. The van der Waals surface area contributed by atoms with Crippen LogP contribution in [-0.2, 0) is 4.79 Å². The van der Waals surface area contributed by atoms with Crippen molar-refractivity contribution in [3.05, 3.63) is 30.9 Å². The molecular weight excluding hydrogens is 268 g/mol. The second-order valence-electron chi connectivity index (χ2n) is 4.91. The molecule has 1 aliphatic rings. The number of amides is 1. The van der Waals surface area contributed by atoms with Gasteiger partial charge < -0.3 is 9.80 Å². The van der Waals surface area contributed by atoms with Gasteiger partial charge in [0.15, 0.2) is 5.82 Å². The van der Waals surface area contributed by atoms with Crippen LogP contribution >= 0.6 is 0 Å². The molecule has 0 atom stereocenters. The topological polar surface area (TPSA) is 67.2 Å². The minimum absolute atomic E-state index is 0.217. The summed E-state index contributed by atoms with van der Waals surface area (Å²) in [5.41, 5.74) is 0. The van der Waals surface area contributed by atoms with Gasteiger partial charge in [-0.1, -0.05) is 6.92 Å². The van der Waals surface area contributed by atoms with E-state index >= 15 is 0 Å². The first-order chi connectivity index (χ1) is 10.3. The molecule has 110 valence electrons. The number of carbonyl (C=O) groups excluding carboxylic acids is 1. The van der Waals surface area contributed by atoms with Crippen molar-refractivity contribution in [3.63, 3.8) is 0 Å². The molecule has 0 bridgehead atoms. The third-order valence-electron chi connectivity index (χ3n) is 3.64. The molecule has 0 saturated carbocycles. The van der Waals surface area contributed by atoms with Crippen LogP contribution in [0, 0.1) is 0 Å². The summed E-state index contributed by atoms with van der Waals surface area (Å²) in [7, 11) is 0. The summed E-state index contributed by atoms with van der Waals surface area (Å²) in [6.45, 7) is 4.97. The number of aromatic nitrogens is 4. The summed E-state index contributed by atoms with van der Waals surface area (Å²) >= 11 is 0. The van der Waals surface area contributed by atoms with E-state index in [2.05, 4.69) is 20.0 Å². The maximum absolute atomic E-state index is 11.7. The Morgan fingerprint density at radius 3 is 2.62 bits per heavy atom. The molecule has 1 saturated heterocycles. The second kappa shape index (κ2) is 5.90. The van der Waals surface area contributed by atoms with Gasteiger partial charge in [-0.05, 0) is 6.07 Å². The molecule has 0 spiro atoms. The van der Waals surface area contributed by atoms with Crippen LogP contribution in [0.1, 0.15) is 13.3 Å². The maximum atomic E-state index is 11.7. The molecule has 0 aromatic carbocycles. The van der Waals surface area contributed by atoms with E-state index in [4.69, 9.17) is 0 Å². The van der Waals surface area contributed by atoms with Gasteiger partial charge >= 0.3 is 0 Å². The van der Waals surface area contributed by atoms with Gasteiger partial charge in [-0.2, -0.15) is 5.10 Å². The van der Waals surface area contributed by atoms with E-state index in [1.54, 1.807) is 17.2 Å². The van der Waals surface area contributed by atoms with Gasteiger partial charge in [0, 0.05) is 51.1 Å². The highest BCUT2D eigenvalue weighted by atomic mass is 16.2. The van der Waals surface area contributed by atoms with Crippen molar-refractivity contribution in [1.29, 1.82) is 0 Å². The lowest BCUT2D eigenvalue weighted by atomic mass is 10.3. The Labute approximate surface area is 123 Å². The van der Waals surface area contributed by atoms with Crippen molar-refractivity contribution < 1.29 is 4.79 Å². The van der Waals surface area contributed by atoms with E-state index in [1.807, 2.05) is 30.2 Å². The third kappa shape index (κ3) is 2.86. The van der Waals surface area contributed by atoms with Crippen molar-refractivity contribution >= 4 is 11.7 Å². The maximum Gasteiger partial charge on any atom is 0.222 e. The molecule has 3 rings (SSSR count). The minimum atomic E-state index is 0.217. The zero-order valence-electron chi connectivity index (χ0n) is 12.0. The predicted octanol–water partition coefficient (Wildman–Crippen LogP) is 0.721. The molecule has 2 aromatic heterocycles. The Hall–Kier alpha value is -2.44. The van der Waals surface area contributed by atoms with Crippen LogP contribution in [0.2, 0.25) is 0 Å². The van der Waals surface area contributed by atoms with E-state index < -0.39 is 0 Å². The first-order valence-corrected chi connectivity index (χ1v) is 7.12. The van der Waals surface area contributed by atoms with Crippen LogP contribution in [0.25, 0.3) is 5.82 Å². The molecule has 1 fully saturated rings. The van der Waals surface area contributed by atoms with E-state index in [0.717, 1.165) is 37.8 Å². The van der Waals surface area contributed by atoms with Gasteiger partial charge in [0.25, 0.3) is 0 Å². The van der Waals surface area contributed by atoms with Gasteiger partial charge in [-0.15, -0.1) is 0 Å². The van der Waals surface area contributed by atoms with Crippen molar-refractivity contribution in [2.75, 3.05) is 31.1 Å². The fourth-order valence-corrected chi connectivity index (χ4v) is 2.45. The summed E-state index contributed by atoms with van der Waals surface area (Å²) in [6, 6.07) is 3.78. The van der Waals surface area contributed by atoms with E-state index in [-0.39, 0.29) is 5.91 Å². The molecule has 7 nitrogen and oxygen atoms in total. The van der Waals surface area contributed by atoms with Gasteiger partial charge in [-0.25, -0.2) is 14.6 Å². The zero-order chi connectivity index (χ0) is 14.7. The second-order valence-corrected chi connectivity index (χ2v) is 4.91. The quantitative estimate of drug-likeness (QED) is 0.832. The number of carbonyl (C=O) groups is 1. The number of hydrogen-bond acceptors (Lipinski definition) is 5. The summed E-state index contributed by atoms with van der Waals surface area (Å²) < 4.78 is 1.71. The largest absolute Gasteiger partial charge is 0.353 e. The van der Waals surface area contributed by atoms with E-state index in [0.29, 0.717) is 6.42 Å². The van der Waals surface area contributed by atoms with Crippen molar-refractivity contribution in [3.8, 4) is 5.82 Å². The molecule has 21 heavy (non-hydrogen) atoms. The van der Waals surface area contributed by atoms with Crippen LogP contribution in [0.5, 0.6) is 0 Å². The average Bonchev–Trinajstić information content (AvgIpc) is 3.09. The van der Waals surface area contributed by atoms with Gasteiger partial charge in [0.1, 0.15) is 12.1 Å². The number of rotatable bonds is 3. The van der Waals surface area contributed by atoms with Crippen LogP contribution in [-0.4, -0.2) is 56.7 Å². The highest BCUT2D eigenvalue weighted by Gasteiger charge is 2.21. The molecule has 0 radical (unpaired) electrons. The Morgan fingerprint density at radius 1 is 1.19 bits per heavy atom. The van der Waals surface area contributed by atoms with Crippen molar-refractivity contribution in [1.82, 2.24) is 24.6 Å². The summed E-state index contributed by atoms with van der Waals surface area (Å²) in [4.78, 5) is 24.3. The number of anilines is 1. The molecule has 0 N–H and O–H groups in total. The SMILES string of the molecule is CCC(=O)N1CCN(c2cc(-n3cccn3)ncn2)CC1. The van der Waals surface area contributed by atoms with Crippen LogP contribution in [0.4, 0.5) is 5.82 Å². The first-order valence-electron chi connectivity index (χ1n) is 7.12. The Bertz CT molecular complexity index is 604. The normalized spacial score (nSPS) is 15.3.